The zero-order valence-corrected chi connectivity index (χ0v) is 13.0. The van der Waals surface area contributed by atoms with Gasteiger partial charge in [-0.3, -0.25) is 4.79 Å². The molecule has 1 aromatic carbocycles. The van der Waals surface area contributed by atoms with Gasteiger partial charge in [0.25, 0.3) is 0 Å². The SMILES string of the molecule is CCCNCc1cccc(Cl)c1OCC(C)(C)C(=O)O. The maximum absolute atomic E-state index is 11.1. The summed E-state index contributed by atoms with van der Waals surface area (Å²) in [4.78, 5) is 11.1. The van der Waals surface area contributed by atoms with Crippen molar-refractivity contribution in [1.82, 2.24) is 5.32 Å². The molecule has 20 heavy (non-hydrogen) atoms. The molecule has 0 saturated carbocycles. The number of carbonyl (C=O) groups is 1. The molecule has 0 bridgehead atoms. The molecular weight excluding hydrogens is 278 g/mol. The van der Waals surface area contributed by atoms with Crippen molar-refractivity contribution in [1.29, 1.82) is 0 Å². The van der Waals surface area contributed by atoms with Crippen molar-refractivity contribution >= 4 is 17.6 Å². The van der Waals surface area contributed by atoms with E-state index in [1.54, 1.807) is 19.9 Å². The molecule has 0 aliphatic carbocycles. The highest BCUT2D eigenvalue weighted by Gasteiger charge is 2.28. The summed E-state index contributed by atoms with van der Waals surface area (Å²) in [7, 11) is 0. The first-order valence-electron chi connectivity index (χ1n) is 6.72. The van der Waals surface area contributed by atoms with Gasteiger partial charge in [-0.15, -0.1) is 0 Å². The van der Waals surface area contributed by atoms with Crippen LogP contribution in [0.15, 0.2) is 18.2 Å². The van der Waals surface area contributed by atoms with Crippen molar-refractivity contribution in [3.63, 3.8) is 0 Å². The zero-order chi connectivity index (χ0) is 15.2. The first-order valence-corrected chi connectivity index (χ1v) is 7.10. The number of hydrogen-bond donors (Lipinski definition) is 2. The summed E-state index contributed by atoms with van der Waals surface area (Å²) in [6, 6.07) is 5.53. The number of rotatable bonds is 8. The first-order chi connectivity index (χ1) is 9.38. The van der Waals surface area contributed by atoms with Crippen LogP contribution in [0, 0.1) is 5.41 Å². The van der Waals surface area contributed by atoms with Gasteiger partial charge in [0, 0.05) is 12.1 Å². The van der Waals surface area contributed by atoms with Crippen molar-refractivity contribution in [2.45, 2.75) is 33.7 Å². The molecule has 1 aromatic rings. The minimum absolute atomic E-state index is 0.0762. The first kappa shape index (κ1) is 16.8. The second kappa shape index (κ2) is 7.50. The molecule has 0 amide bonds. The summed E-state index contributed by atoms with van der Waals surface area (Å²) in [5.74, 6) is -0.331. The number of para-hydroxylation sites is 1. The Bertz CT molecular complexity index is 460. The molecule has 0 spiro atoms. The number of carboxylic acid groups (broad SMARTS) is 1. The molecule has 0 atom stereocenters. The Balaban J connectivity index is 2.80. The monoisotopic (exact) mass is 299 g/mol. The molecule has 1 rings (SSSR count). The number of nitrogens with one attached hydrogen (secondary N) is 1. The predicted octanol–water partition coefficient (Wildman–Crippen LogP) is 3.33. The number of aliphatic carboxylic acids is 1. The maximum atomic E-state index is 11.1. The molecule has 0 fully saturated rings. The molecule has 0 heterocycles. The molecule has 2 N–H and O–H groups in total. The maximum Gasteiger partial charge on any atom is 0.312 e. The lowest BCUT2D eigenvalue weighted by Crippen LogP contribution is -2.31. The van der Waals surface area contributed by atoms with E-state index >= 15 is 0 Å². The van der Waals surface area contributed by atoms with Crippen molar-refractivity contribution in [2.24, 2.45) is 5.41 Å². The second-order valence-corrected chi connectivity index (χ2v) is 5.79. The Hall–Kier alpha value is -1.26. The van der Waals surface area contributed by atoms with Gasteiger partial charge in [0.1, 0.15) is 12.4 Å². The highest BCUT2D eigenvalue weighted by atomic mass is 35.5. The smallest absolute Gasteiger partial charge is 0.312 e. The van der Waals surface area contributed by atoms with Crippen LogP contribution in [0.4, 0.5) is 0 Å². The number of ether oxygens (including phenoxy) is 1. The van der Waals surface area contributed by atoms with Gasteiger partial charge in [0.2, 0.25) is 0 Å². The topological polar surface area (TPSA) is 58.6 Å². The summed E-state index contributed by atoms with van der Waals surface area (Å²) in [6.07, 6.45) is 1.04. The summed E-state index contributed by atoms with van der Waals surface area (Å²) in [5, 5.41) is 12.9. The van der Waals surface area contributed by atoms with Gasteiger partial charge >= 0.3 is 5.97 Å². The lowest BCUT2D eigenvalue weighted by molar-refractivity contribution is -0.148. The third-order valence-electron chi connectivity index (χ3n) is 2.95. The fraction of sp³-hybridized carbons (Fsp3) is 0.533. The van der Waals surface area contributed by atoms with Crippen LogP contribution in [-0.4, -0.2) is 24.2 Å². The second-order valence-electron chi connectivity index (χ2n) is 5.38. The molecule has 4 nitrogen and oxygen atoms in total. The number of carboxylic acids is 1. The average molecular weight is 300 g/mol. The average Bonchev–Trinajstić information content (AvgIpc) is 2.38. The number of hydrogen-bond acceptors (Lipinski definition) is 3. The van der Waals surface area contributed by atoms with Gasteiger partial charge in [-0.25, -0.2) is 0 Å². The van der Waals surface area contributed by atoms with Crippen LogP contribution in [0.2, 0.25) is 5.02 Å². The molecular formula is C15H22ClNO3. The van der Waals surface area contributed by atoms with E-state index in [1.807, 2.05) is 12.1 Å². The normalized spacial score (nSPS) is 11.4. The minimum Gasteiger partial charge on any atom is -0.491 e. The van der Waals surface area contributed by atoms with E-state index < -0.39 is 11.4 Å². The fourth-order valence-corrected chi connectivity index (χ4v) is 1.82. The quantitative estimate of drug-likeness (QED) is 0.723. The van der Waals surface area contributed by atoms with Crippen LogP contribution >= 0.6 is 11.6 Å². The molecule has 0 radical (unpaired) electrons. The Morgan fingerprint density at radius 1 is 1.45 bits per heavy atom. The van der Waals surface area contributed by atoms with Crippen LogP contribution < -0.4 is 10.1 Å². The minimum atomic E-state index is -0.951. The fourth-order valence-electron chi connectivity index (χ4n) is 1.57. The van der Waals surface area contributed by atoms with E-state index in [9.17, 15) is 4.79 Å². The highest BCUT2D eigenvalue weighted by molar-refractivity contribution is 6.32. The Morgan fingerprint density at radius 3 is 2.75 bits per heavy atom. The van der Waals surface area contributed by atoms with E-state index in [0.717, 1.165) is 18.5 Å². The molecule has 0 saturated heterocycles. The molecule has 112 valence electrons. The number of benzene rings is 1. The van der Waals surface area contributed by atoms with Crippen molar-refractivity contribution in [3.8, 4) is 5.75 Å². The molecule has 0 aliphatic heterocycles. The summed E-state index contributed by atoms with van der Waals surface area (Å²) < 4.78 is 5.67. The largest absolute Gasteiger partial charge is 0.491 e. The van der Waals surface area contributed by atoms with Gasteiger partial charge in [0.05, 0.1) is 10.4 Å². The van der Waals surface area contributed by atoms with Gasteiger partial charge in [-0.1, -0.05) is 30.7 Å². The zero-order valence-electron chi connectivity index (χ0n) is 12.2. The summed E-state index contributed by atoms with van der Waals surface area (Å²) >= 11 is 6.15. The van der Waals surface area contributed by atoms with E-state index in [0.29, 0.717) is 17.3 Å². The standard InChI is InChI=1S/C15H22ClNO3/c1-4-8-17-9-11-6-5-7-12(16)13(11)20-10-15(2,3)14(18)19/h5-7,17H,4,8-10H2,1-3H3,(H,18,19). The van der Waals surface area contributed by atoms with Gasteiger partial charge in [-0.05, 0) is 32.9 Å². The van der Waals surface area contributed by atoms with Gasteiger partial charge in [0.15, 0.2) is 0 Å². The van der Waals surface area contributed by atoms with E-state index in [1.165, 1.54) is 0 Å². The Morgan fingerprint density at radius 2 is 2.15 bits per heavy atom. The predicted molar refractivity (Wildman–Crippen MR) is 80.4 cm³/mol. The van der Waals surface area contributed by atoms with E-state index in [2.05, 4.69) is 12.2 Å². The number of halogens is 1. The lowest BCUT2D eigenvalue weighted by Gasteiger charge is -2.21. The Labute approximate surface area is 125 Å². The van der Waals surface area contributed by atoms with Crippen LogP contribution in [0.5, 0.6) is 5.75 Å². The van der Waals surface area contributed by atoms with Gasteiger partial charge < -0.3 is 15.2 Å². The molecule has 5 heteroatoms. The van der Waals surface area contributed by atoms with Crippen LogP contribution in [-0.2, 0) is 11.3 Å². The molecule has 0 aliphatic rings. The summed E-state index contributed by atoms with van der Waals surface area (Å²) in [6.45, 7) is 6.98. The third-order valence-corrected chi connectivity index (χ3v) is 3.24. The highest BCUT2D eigenvalue weighted by Crippen LogP contribution is 2.30. The van der Waals surface area contributed by atoms with Crippen molar-refractivity contribution in [2.75, 3.05) is 13.2 Å². The lowest BCUT2D eigenvalue weighted by atomic mass is 9.95. The van der Waals surface area contributed by atoms with Crippen LogP contribution in [0.1, 0.15) is 32.8 Å². The third kappa shape index (κ3) is 4.69. The van der Waals surface area contributed by atoms with Gasteiger partial charge in [-0.2, -0.15) is 0 Å². The van der Waals surface area contributed by atoms with Crippen LogP contribution in [0.3, 0.4) is 0 Å². The summed E-state index contributed by atoms with van der Waals surface area (Å²) in [5.41, 5.74) is -0.0139. The van der Waals surface area contributed by atoms with E-state index in [4.69, 9.17) is 21.4 Å². The van der Waals surface area contributed by atoms with Crippen LogP contribution in [0.25, 0.3) is 0 Å². The van der Waals surface area contributed by atoms with Crippen molar-refractivity contribution < 1.29 is 14.6 Å². The van der Waals surface area contributed by atoms with E-state index in [-0.39, 0.29) is 6.61 Å². The molecule has 0 unspecified atom stereocenters. The van der Waals surface area contributed by atoms with Crippen molar-refractivity contribution in [3.05, 3.63) is 28.8 Å². The molecule has 0 aromatic heterocycles. The Kier molecular flexibility index (Phi) is 6.30.